The quantitative estimate of drug-likeness (QED) is 0.672. The van der Waals surface area contributed by atoms with Gasteiger partial charge in [0, 0.05) is 10.7 Å². The second-order valence-corrected chi connectivity index (χ2v) is 7.76. The van der Waals surface area contributed by atoms with E-state index in [0.717, 1.165) is 4.47 Å². The van der Waals surface area contributed by atoms with Crippen LogP contribution in [0.1, 0.15) is 5.69 Å². The van der Waals surface area contributed by atoms with Gasteiger partial charge in [-0.15, -0.1) is 0 Å². The molecule has 3 aromatic rings. The zero-order valence-corrected chi connectivity index (χ0v) is 14.1. The van der Waals surface area contributed by atoms with Gasteiger partial charge >= 0.3 is 0 Å². The summed E-state index contributed by atoms with van der Waals surface area (Å²) in [7, 11) is -3.57. The normalized spacial score (nSPS) is 12.0. The molecule has 0 aliphatic heterocycles. The number of hydrogen-bond acceptors (Lipinski definition) is 3. The number of fused-ring (bicyclic) bond motifs is 1. The molecule has 2 aromatic heterocycles. The third kappa shape index (κ3) is 2.47. The minimum Gasteiger partial charge on any atom is -0.301 e. The highest BCUT2D eigenvalue weighted by Crippen LogP contribution is 2.24. The zero-order valence-electron chi connectivity index (χ0n) is 10.9. The Kier molecular flexibility index (Phi) is 3.55. The van der Waals surface area contributed by atoms with Crippen molar-refractivity contribution in [3.63, 3.8) is 0 Å². The molecule has 4 nitrogen and oxygen atoms in total. The molecule has 0 atom stereocenters. The van der Waals surface area contributed by atoms with Crippen molar-refractivity contribution < 1.29 is 8.42 Å². The van der Waals surface area contributed by atoms with Crippen molar-refractivity contribution in [3.8, 4) is 0 Å². The van der Waals surface area contributed by atoms with Crippen LogP contribution in [0.5, 0.6) is 0 Å². The number of aromatic nitrogens is 2. The number of sulfone groups is 1. The molecule has 0 saturated carbocycles. The van der Waals surface area contributed by atoms with Gasteiger partial charge in [-0.05, 0) is 43.3 Å². The Hall–Kier alpha value is -1.37. The molecule has 1 aromatic carbocycles. The number of hydrogen-bond donors (Lipinski definition) is 0. The summed E-state index contributed by atoms with van der Waals surface area (Å²) in [6.07, 6.45) is 1.54. The van der Waals surface area contributed by atoms with E-state index in [9.17, 15) is 8.42 Å². The molecule has 0 N–H and O–H groups in total. The van der Waals surface area contributed by atoms with Gasteiger partial charge in [0.05, 0.1) is 15.5 Å². The molecule has 0 fully saturated rings. The summed E-state index contributed by atoms with van der Waals surface area (Å²) in [5.74, 6) is 0. The highest BCUT2D eigenvalue weighted by Gasteiger charge is 2.19. The van der Waals surface area contributed by atoms with Crippen LogP contribution in [0, 0.1) is 6.92 Å². The molecular weight excluding hydrogens is 376 g/mol. The van der Waals surface area contributed by atoms with Gasteiger partial charge in [0.2, 0.25) is 9.84 Å². The van der Waals surface area contributed by atoms with Crippen molar-refractivity contribution in [1.82, 2.24) is 9.38 Å². The molecule has 0 bridgehead atoms. The monoisotopic (exact) mass is 384 g/mol. The maximum absolute atomic E-state index is 12.6. The lowest BCUT2D eigenvalue weighted by Crippen LogP contribution is -2.03. The SMILES string of the molecule is Cc1c(Cl)nc2ccc(S(=O)(=O)c3ccc(Br)cc3)cn12. The second-order valence-electron chi connectivity index (χ2n) is 4.54. The first kappa shape index (κ1) is 14.6. The fraction of sp³-hybridized carbons (Fsp3) is 0.0714. The number of imidazole rings is 1. The number of pyridine rings is 1. The predicted molar refractivity (Wildman–Crippen MR) is 84.5 cm³/mol. The molecule has 0 aliphatic carbocycles. The lowest BCUT2D eigenvalue weighted by atomic mass is 10.4. The first-order chi connectivity index (χ1) is 9.89. The van der Waals surface area contributed by atoms with Gasteiger partial charge in [-0.1, -0.05) is 27.5 Å². The van der Waals surface area contributed by atoms with Crippen molar-refractivity contribution in [2.75, 3.05) is 0 Å². The smallest absolute Gasteiger partial charge is 0.208 e. The number of rotatable bonds is 2. The van der Waals surface area contributed by atoms with E-state index in [-0.39, 0.29) is 9.79 Å². The van der Waals surface area contributed by atoms with Crippen molar-refractivity contribution >= 4 is 43.0 Å². The summed E-state index contributed by atoms with van der Waals surface area (Å²) in [5, 5.41) is 0.369. The average Bonchev–Trinajstić information content (AvgIpc) is 2.74. The molecule has 0 aliphatic rings. The third-order valence-corrected chi connectivity index (χ3v) is 5.85. The van der Waals surface area contributed by atoms with Crippen molar-refractivity contribution in [1.29, 1.82) is 0 Å². The van der Waals surface area contributed by atoms with Crippen LogP contribution in [0.2, 0.25) is 5.15 Å². The van der Waals surface area contributed by atoms with Crippen LogP contribution >= 0.6 is 27.5 Å². The average molecular weight is 386 g/mol. The Balaban J connectivity index is 2.19. The highest BCUT2D eigenvalue weighted by atomic mass is 79.9. The number of aryl methyl sites for hydroxylation is 1. The minimum absolute atomic E-state index is 0.203. The second kappa shape index (κ2) is 5.12. The summed E-state index contributed by atoms with van der Waals surface area (Å²) in [6, 6.07) is 9.71. The Morgan fingerprint density at radius 1 is 1.10 bits per heavy atom. The van der Waals surface area contributed by atoms with E-state index in [1.807, 2.05) is 0 Å². The molecule has 0 amide bonds. The number of nitrogens with zero attached hydrogens (tertiary/aromatic N) is 2. The van der Waals surface area contributed by atoms with Crippen molar-refractivity contribution in [3.05, 3.63) is 57.9 Å². The summed E-state index contributed by atoms with van der Waals surface area (Å²) in [6.45, 7) is 1.79. The van der Waals surface area contributed by atoms with E-state index in [0.29, 0.717) is 16.5 Å². The van der Waals surface area contributed by atoms with E-state index in [1.54, 1.807) is 47.9 Å². The summed E-state index contributed by atoms with van der Waals surface area (Å²) in [5.41, 5.74) is 1.33. The standard InChI is InChI=1S/C14H10BrClN2O2S/c1-9-14(16)17-13-7-6-12(8-18(9)13)21(19,20)11-4-2-10(15)3-5-11/h2-8H,1H3. The zero-order chi connectivity index (χ0) is 15.2. The van der Waals surface area contributed by atoms with E-state index in [4.69, 9.17) is 11.6 Å². The summed E-state index contributed by atoms with van der Waals surface area (Å²) < 4.78 is 27.8. The highest BCUT2D eigenvalue weighted by molar-refractivity contribution is 9.10. The molecule has 2 heterocycles. The number of benzene rings is 1. The van der Waals surface area contributed by atoms with Crippen LogP contribution in [0.4, 0.5) is 0 Å². The van der Waals surface area contributed by atoms with Crippen LogP contribution < -0.4 is 0 Å². The fourth-order valence-electron chi connectivity index (χ4n) is 2.02. The van der Waals surface area contributed by atoms with Crippen molar-refractivity contribution in [2.24, 2.45) is 0 Å². The molecular formula is C14H10BrClN2O2S. The van der Waals surface area contributed by atoms with Gasteiger partial charge in [-0.25, -0.2) is 13.4 Å². The fourth-order valence-corrected chi connectivity index (χ4v) is 3.72. The molecule has 0 spiro atoms. The van der Waals surface area contributed by atoms with E-state index in [1.165, 1.54) is 6.07 Å². The van der Waals surface area contributed by atoms with E-state index < -0.39 is 9.84 Å². The first-order valence-electron chi connectivity index (χ1n) is 6.04. The molecule has 0 unspecified atom stereocenters. The molecule has 108 valence electrons. The lowest BCUT2D eigenvalue weighted by Gasteiger charge is -2.06. The molecule has 7 heteroatoms. The maximum atomic E-state index is 12.6. The summed E-state index contributed by atoms with van der Waals surface area (Å²) in [4.78, 5) is 4.60. The van der Waals surface area contributed by atoms with E-state index in [2.05, 4.69) is 20.9 Å². The molecule has 3 rings (SSSR count). The maximum Gasteiger partial charge on any atom is 0.208 e. The van der Waals surface area contributed by atoms with Gasteiger partial charge in [0.1, 0.15) is 5.65 Å². The molecule has 0 radical (unpaired) electrons. The van der Waals surface area contributed by atoms with Gasteiger partial charge in [-0.3, -0.25) is 0 Å². The van der Waals surface area contributed by atoms with Crippen LogP contribution in [0.15, 0.2) is 56.9 Å². The lowest BCUT2D eigenvalue weighted by molar-refractivity contribution is 0.595. The molecule has 21 heavy (non-hydrogen) atoms. The summed E-state index contributed by atoms with van der Waals surface area (Å²) >= 11 is 9.26. The predicted octanol–water partition coefficient (Wildman–Crippen LogP) is 3.89. The molecule has 0 saturated heterocycles. The van der Waals surface area contributed by atoms with E-state index >= 15 is 0 Å². The van der Waals surface area contributed by atoms with Crippen LogP contribution in [0.3, 0.4) is 0 Å². The van der Waals surface area contributed by atoms with Gasteiger partial charge in [0.15, 0.2) is 5.15 Å². The Morgan fingerprint density at radius 3 is 2.38 bits per heavy atom. The van der Waals surface area contributed by atoms with Gasteiger partial charge in [-0.2, -0.15) is 0 Å². The Bertz CT molecular complexity index is 934. The minimum atomic E-state index is -3.57. The van der Waals surface area contributed by atoms with Crippen LogP contribution in [0.25, 0.3) is 5.65 Å². The third-order valence-electron chi connectivity index (χ3n) is 3.21. The largest absolute Gasteiger partial charge is 0.301 e. The van der Waals surface area contributed by atoms with Crippen molar-refractivity contribution in [2.45, 2.75) is 16.7 Å². The van der Waals surface area contributed by atoms with Crippen LogP contribution in [-0.4, -0.2) is 17.8 Å². The van der Waals surface area contributed by atoms with Gasteiger partial charge < -0.3 is 4.40 Å². The number of halogens is 2. The Morgan fingerprint density at radius 2 is 1.71 bits per heavy atom. The topological polar surface area (TPSA) is 51.4 Å². The van der Waals surface area contributed by atoms with Crippen LogP contribution in [-0.2, 0) is 9.84 Å². The van der Waals surface area contributed by atoms with Gasteiger partial charge in [0.25, 0.3) is 0 Å². The first-order valence-corrected chi connectivity index (χ1v) is 8.70. The Labute approximate surface area is 135 Å².